The molecule has 0 rings (SSSR count). The van der Waals surface area contributed by atoms with E-state index in [4.69, 9.17) is 37.0 Å². The molecule has 0 saturated carbocycles. The van der Waals surface area contributed by atoms with Gasteiger partial charge in [0, 0.05) is 25.7 Å². The summed E-state index contributed by atoms with van der Waals surface area (Å²) in [5, 5.41) is 10.6. The van der Waals surface area contributed by atoms with Gasteiger partial charge in [0.1, 0.15) is 19.3 Å². The maximum absolute atomic E-state index is 13.1. The minimum atomic E-state index is -4.96. The molecule has 0 aromatic rings. The van der Waals surface area contributed by atoms with Crippen molar-refractivity contribution >= 4 is 39.5 Å². The number of aliphatic hydroxyl groups is 1. The van der Waals surface area contributed by atoms with Gasteiger partial charge in [0.05, 0.1) is 26.4 Å². The van der Waals surface area contributed by atoms with Gasteiger partial charge in [0.25, 0.3) is 0 Å². The molecule has 17 nitrogen and oxygen atoms in total. The monoisotopic (exact) mass is 1480 g/mol. The van der Waals surface area contributed by atoms with Gasteiger partial charge in [0.2, 0.25) is 0 Å². The van der Waals surface area contributed by atoms with Crippen LogP contribution in [0.25, 0.3) is 0 Å². The van der Waals surface area contributed by atoms with Gasteiger partial charge in [-0.1, -0.05) is 376 Å². The molecule has 19 heteroatoms. The number of carbonyl (C=O) groups is 4. The summed E-state index contributed by atoms with van der Waals surface area (Å²) < 4.78 is 68.7. The minimum Gasteiger partial charge on any atom is -0.462 e. The lowest BCUT2D eigenvalue weighted by Gasteiger charge is -2.21. The van der Waals surface area contributed by atoms with Crippen LogP contribution in [0.2, 0.25) is 0 Å². The highest BCUT2D eigenvalue weighted by Crippen LogP contribution is 2.45. The van der Waals surface area contributed by atoms with Crippen LogP contribution < -0.4 is 0 Å². The molecule has 0 amide bonds. The van der Waals surface area contributed by atoms with E-state index in [1.807, 2.05) is 0 Å². The quantitative estimate of drug-likeness (QED) is 0.0222. The van der Waals surface area contributed by atoms with E-state index in [9.17, 15) is 43.2 Å². The first-order valence-electron chi connectivity index (χ1n) is 42.4. The fourth-order valence-electron chi connectivity index (χ4n) is 12.6. The molecule has 0 aliphatic carbocycles. The Morgan fingerprint density at radius 3 is 0.752 bits per heavy atom. The molecule has 0 radical (unpaired) electrons. The molecule has 0 bridgehead atoms. The summed E-state index contributed by atoms with van der Waals surface area (Å²) in [4.78, 5) is 73.1. The van der Waals surface area contributed by atoms with E-state index in [2.05, 4.69) is 48.5 Å². The van der Waals surface area contributed by atoms with Crippen LogP contribution in [0.4, 0.5) is 0 Å². The lowest BCUT2D eigenvalue weighted by molar-refractivity contribution is -0.161. The third-order valence-corrected chi connectivity index (χ3v) is 21.4. The van der Waals surface area contributed by atoms with Gasteiger partial charge in [-0.25, -0.2) is 9.13 Å². The number of phosphoric acid groups is 2. The average Bonchev–Trinajstić information content (AvgIpc) is 0.921. The van der Waals surface area contributed by atoms with Crippen molar-refractivity contribution in [1.82, 2.24) is 0 Å². The summed E-state index contributed by atoms with van der Waals surface area (Å²) in [5.74, 6) is 0.310. The first-order chi connectivity index (χ1) is 48.8. The van der Waals surface area contributed by atoms with Gasteiger partial charge in [0.15, 0.2) is 12.2 Å². The van der Waals surface area contributed by atoms with Crippen LogP contribution in [-0.2, 0) is 65.4 Å². The standard InChI is InChI=1S/C82H160O17P2/c1-8-10-11-12-13-14-35-42-49-56-63-79(84)92-69-77(99-82(87)66-59-52-45-38-31-30-34-41-48-55-62-75(7)9-2)71-96-100(88,89)94-67-76(83)68-95-101(90,91)97-72-78(70-93-80(85)64-57-50-43-36-28-24-21-17-19-23-27-33-40-47-54-61-74(5)6)98-81(86)65-58-51-44-37-29-25-20-16-15-18-22-26-32-39-46-53-60-73(3)4/h73-78,83H,8-72H2,1-7H3,(H,88,89)(H,90,91)/t75?,76-,77+,78+/m0/s1. The summed E-state index contributed by atoms with van der Waals surface area (Å²) in [6.45, 7) is 12.0. The van der Waals surface area contributed by atoms with E-state index in [1.165, 1.54) is 238 Å². The molecule has 0 aliphatic heterocycles. The molecule has 0 fully saturated rings. The van der Waals surface area contributed by atoms with Crippen molar-refractivity contribution in [3.8, 4) is 0 Å². The number of esters is 4. The maximum atomic E-state index is 13.1. The molecule has 0 aliphatic rings. The predicted molar refractivity (Wildman–Crippen MR) is 414 cm³/mol. The molecule has 0 heterocycles. The van der Waals surface area contributed by atoms with Crippen LogP contribution in [0.1, 0.15) is 427 Å². The Bertz CT molecular complexity index is 1960. The Morgan fingerprint density at radius 2 is 0.505 bits per heavy atom. The van der Waals surface area contributed by atoms with Crippen molar-refractivity contribution in [1.29, 1.82) is 0 Å². The highest BCUT2D eigenvalue weighted by Gasteiger charge is 2.30. The molecule has 600 valence electrons. The summed E-state index contributed by atoms with van der Waals surface area (Å²) in [6.07, 6.45) is 60.9. The molecular weight excluding hydrogens is 1320 g/mol. The van der Waals surface area contributed by atoms with E-state index < -0.39 is 97.5 Å². The molecule has 6 atom stereocenters. The Morgan fingerprint density at radius 1 is 0.287 bits per heavy atom. The van der Waals surface area contributed by atoms with Crippen molar-refractivity contribution < 1.29 is 80.2 Å². The van der Waals surface area contributed by atoms with Crippen LogP contribution in [0.5, 0.6) is 0 Å². The van der Waals surface area contributed by atoms with Crippen LogP contribution in [-0.4, -0.2) is 96.7 Å². The third kappa shape index (κ3) is 74.7. The van der Waals surface area contributed by atoms with Crippen LogP contribution >= 0.6 is 15.6 Å². The number of ether oxygens (including phenoxy) is 4. The summed E-state index contributed by atoms with van der Waals surface area (Å²) >= 11 is 0. The molecule has 3 N–H and O–H groups in total. The topological polar surface area (TPSA) is 237 Å². The Hall–Kier alpha value is -1.94. The average molecular weight is 1480 g/mol. The van der Waals surface area contributed by atoms with Crippen molar-refractivity contribution in [3.63, 3.8) is 0 Å². The van der Waals surface area contributed by atoms with Gasteiger partial charge < -0.3 is 33.8 Å². The Labute approximate surface area is 619 Å². The largest absolute Gasteiger partial charge is 0.472 e. The number of hydrogen-bond acceptors (Lipinski definition) is 15. The van der Waals surface area contributed by atoms with Crippen molar-refractivity contribution in [2.24, 2.45) is 17.8 Å². The second-order valence-electron chi connectivity index (χ2n) is 30.7. The predicted octanol–water partition coefficient (Wildman–Crippen LogP) is 24.5. The SMILES string of the molecule is CCCCCCCCCCCCC(=O)OC[C@H](COP(=O)(O)OC[C@H](O)COP(=O)(O)OC[C@@H](COC(=O)CCCCCCCCCCCCCCCCCC(C)C)OC(=O)CCCCCCCCCCCCCCCCCCC(C)C)OC(=O)CCCCCCCCCCCCC(C)CC. The maximum Gasteiger partial charge on any atom is 0.472 e. The van der Waals surface area contributed by atoms with E-state index in [0.717, 1.165) is 108 Å². The molecule has 3 unspecified atom stereocenters. The van der Waals surface area contributed by atoms with Crippen LogP contribution in [0.15, 0.2) is 0 Å². The zero-order chi connectivity index (χ0) is 74.4. The van der Waals surface area contributed by atoms with Gasteiger partial charge in [-0.15, -0.1) is 0 Å². The molecule has 0 spiro atoms. The minimum absolute atomic E-state index is 0.106. The second-order valence-corrected chi connectivity index (χ2v) is 33.6. The number of phosphoric ester groups is 2. The van der Waals surface area contributed by atoms with Gasteiger partial charge in [-0.3, -0.25) is 37.3 Å². The first kappa shape index (κ1) is 99.1. The van der Waals surface area contributed by atoms with E-state index in [1.54, 1.807) is 0 Å². The lowest BCUT2D eigenvalue weighted by Crippen LogP contribution is -2.30. The fourth-order valence-corrected chi connectivity index (χ4v) is 14.2. The zero-order valence-electron chi connectivity index (χ0n) is 66.4. The highest BCUT2D eigenvalue weighted by atomic mass is 31.2. The van der Waals surface area contributed by atoms with E-state index in [0.29, 0.717) is 25.7 Å². The number of rotatable bonds is 80. The third-order valence-electron chi connectivity index (χ3n) is 19.5. The van der Waals surface area contributed by atoms with Crippen molar-refractivity contribution in [2.75, 3.05) is 39.6 Å². The number of hydrogen-bond donors (Lipinski definition) is 3. The second kappa shape index (κ2) is 72.3. The Balaban J connectivity index is 5.24. The Kier molecular flexibility index (Phi) is 70.9. The molecule has 101 heavy (non-hydrogen) atoms. The molecule has 0 aromatic heterocycles. The lowest BCUT2D eigenvalue weighted by atomic mass is 9.99. The number of carbonyl (C=O) groups excluding carboxylic acids is 4. The summed E-state index contributed by atoms with van der Waals surface area (Å²) in [5.41, 5.74) is 0. The summed E-state index contributed by atoms with van der Waals surface area (Å²) in [7, 11) is -9.92. The summed E-state index contributed by atoms with van der Waals surface area (Å²) in [6, 6.07) is 0. The number of unbranched alkanes of at least 4 members (excludes halogenated alkanes) is 47. The van der Waals surface area contributed by atoms with E-state index in [-0.39, 0.29) is 25.7 Å². The van der Waals surface area contributed by atoms with Crippen LogP contribution in [0, 0.1) is 17.8 Å². The van der Waals surface area contributed by atoms with Crippen molar-refractivity contribution in [2.45, 2.75) is 446 Å². The first-order valence-corrected chi connectivity index (χ1v) is 45.4. The van der Waals surface area contributed by atoms with Gasteiger partial charge >= 0.3 is 39.5 Å². The van der Waals surface area contributed by atoms with Crippen molar-refractivity contribution in [3.05, 3.63) is 0 Å². The van der Waals surface area contributed by atoms with Gasteiger partial charge in [-0.05, 0) is 43.4 Å². The zero-order valence-corrected chi connectivity index (χ0v) is 68.2. The molecule has 0 saturated heterocycles. The normalized spacial score (nSPS) is 14.2. The van der Waals surface area contributed by atoms with Gasteiger partial charge in [-0.2, -0.15) is 0 Å². The highest BCUT2D eigenvalue weighted by molar-refractivity contribution is 7.47. The number of aliphatic hydroxyl groups excluding tert-OH is 1. The smallest absolute Gasteiger partial charge is 0.462 e. The fraction of sp³-hybridized carbons (Fsp3) is 0.951. The molecule has 0 aromatic carbocycles. The molecular formula is C82H160O17P2. The van der Waals surface area contributed by atoms with E-state index >= 15 is 0 Å². The van der Waals surface area contributed by atoms with Crippen LogP contribution in [0.3, 0.4) is 0 Å².